The van der Waals surface area contributed by atoms with Crippen LogP contribution in [0.5, 0.6) is 0 Å². The molecule has 1 aliphatic heterocycles. The second kappa shape index (κ2) is 4.25. The third kappa shape index (κ3) is 1.95. The Bertz CT molecular complexity index is 433. The molecule has 1 aliphatic rings. The molecule has 1 aromatic heterocycles. The molecule has 1 N–H and O–H groups in total. The van der Waals surface area contributed by atoms with Crippen molar-refractivity contribution in [3.63, 3.8) is 0 Å². The van der Waals surface area contributed by atoms with Crippen molar-refractivity contribution in [3.05, 3.63) is 22.6 Å². The Balaban J connectivity index is 2.43. The molecule has 4 nitrogen and oxygen atoms in total. The van der Waals surface area contributed by atoms with Gasteiger partial charge in [-0.15, -0.1) is 0 Å². The standard InChI is InChI=1S/C10H10ClFN2O2/c11-8-6(10(15)16)5-7(13-9(8)12)14-3-1-2-4-14/h5H,1-4H2,(H,15,16). The van der Waals surface area contributed by atoms with E-state index in [-0.39, 0.29) is 5.56 Å². The van der Waals surface area contributed by atoms with Crippen LogP contribution in [0.3, 0.4) is 0 Å². The lowest BCUT2D eigenvalue weighted by molar-refractivity contribution is 0.0696. The van der Waals surface area contributed by atoms with Gasteiger partial charge in [0.1, 0.15) is 10.8 Å². The molecule has 1 fully saturated rings. The maximum Gasteiger partial charge on any atom is 0.337 e. The van der Waals surface area contributed by atoms with Gasteiger partial charge in [0.15, 0.2) is 0 Å². The number of hydrogen-bond acceptors (Lipinski definition) is 3. The van der Waals surface area contributed by atoms with Gasteiger partial charge in [0.25, 0.3) is 0 Å². The van der Waals surface area contributed by atoms with E-state index in [0.29, 0.717) is 5.82 Å². The lowest BCUT2D eigenvalue weighted by Crippen LogP contribution is -2.20. The molecule has 0 atom stereocenters. The Morgan fingerprint density at radius 2 is 2.12 bits per heavy atom. The summed E-state index contributed by atoms with van der Waals surface area (Å²) in [5.74, 6) is -1.83. The van der Waals surface area contributed by atoms with Crippen LogP contribution >= 0.6 is 11.6 Å². The molecule has 1 saturated heterocycles. The Morgan fingerprint density at radius 3 is 2.69 bits per heavy atom. The maximum atomic E-state index is 13.3. The van der Waals surface area contributed by atoms with Crippen LogP contribution in [0.1, 0.15) is 23.2 Å². The first-order valence-corrected chi connectivity index (χ1v) is 5.31. The lowest BCUT2D eigenvalue weighted by Gasteiger charge is -2.17. The Hall–Kier alpha value is -1.36. The molecular weight excluding hydrogens is 235 g/mol. The van der Waals surface area contributed by atoms with E-state index in [9.17, 15) is 9.18 Å². The van der Waals surface area contributed by atoms with Gasteiger partial charge >= 0.3 is 5.97 Å². The highest BCUT2D eigenvalue weighted by atomic mass is 35.5. The highest BCUT2D eigenvalue weighted by Crippen LogP contribution is 2.25. The molecule has 0 amide bonds. The molecule has 0 aromatic carbocycles. The highest BCUT2D eigenvalue weighted by molar-refractivity contribution is 6.33. The van der Waals surface area contributed by atoms with Crippen molar-refractivity contribution in [2.45, 2.75) is 12.8 Å². The first-order chi connectivity index (χ1) is 7.59. The van der Waals surface area contributed by atoms with E-state index in [4.69, 9.17) is 16.7 Å². The summed E-state index contributed by atoms with van der Waals surface area (Å²) in [6, 6.07) is 1.32. The Morgan fingerprint density at radius 1 is 1.50 bits per heavy atom. The number of carboxylic acid groups (broad SMARTS) is 1. The number of carbonyl (C=O) groups is 1. The van der Waals surface area contributed by atoms with Crippen molar-refractivity contribution < 1.29 is 14.3 Å². The molecule has 1 aromatic rings. The minimum absolute atomic E-state index is 0.240. The SMILES string of the molecule is O=C(O)c1cc(N2CCCC2)nc(F)c1Cl. The van der Waals surface area contributed by atoms with E-state index < -0.39 is 16.9 Å². The Labute approximate surface area is 96.7 Å². The predicted molar refractivity (Wildman–Crippen MR) is 57.6 cm³/mol. The fraction of sp³-hybridized carbons (Fsp3) is 0.400. The third-order valence-corrected chi connectivity index (χ3v) is 2.92. The predicted octanol–water partition coefficient (Wildman–Crippen LogP) is 2.17. The molecule has 0 radical (unpaired) electrons. The van der Waals surface area contributed by atoms with Crippen molar-refractivity contribution in [1.29, 1.82) is 0 Å². The molecule has 0 aliphatic carbocycles. The zero-order chi connectivity index (χ0) is 11.7. The number of anilines is 1. The summed E-state index contributed by atoms with van der Waals surface area (Å²) in [5, 5.41) is 8.43. The number of aromatic nitrogens is 1. The number of hydrogen-bond donors (Lipinski definition) is 1. The second-order valence-electron chi connectivity index (χ2n) is 3.63. The van der Waals surface area contributed by atoms with Crippen molar-refractivity contribution >= 4 is 23.4 Å². The average molecular weight is 245 g/mol. The fourth-order valence-corrected chi connectivity index (χ4v) is 1.93. The molecule has 2 heterocycles. The second-order valence-corrected chi connectivity index (χ2v) is 4.01. The molecule has 0 saturated carbocycles. The minimum Gasteiger partial charge on any atom is -0.478 e. The zero-order valence-corrected chi connectivity index (χ0v) is 9.17. The monoisotopic (exact) mass is 244 g/mol. The van der Waals surface area contributed by atoms with Crippen LogP contribution in [0.2, 0.25) is 5.02 Å². The molecule has 0 bridgehead atoms. The van der Waals surface area contributed by atoms with Crippen LogP contribution in [0.25, 0.3) is 0 Å². The lowest BCUT2D eigenvalue weighted by atomic mass is 10.2. The minimum atomic E-state index is -1.24. The quantitative estimate of drug-likeness (QED) is 0.810. The number of carboxylic acids is 1. The summed E-state index contributed by atoms with van der Waals surface area (Å²) in [7, 11) is 0. The van der Waals surface area contributed by atoms with Crippen LogP contribution in [-0.4, -0.2) is 29.1 Å². The average Bonchev–Trinajstić information content (AvgIpc) is 2.74. The smallest absolute Gasteiger partial charge is 0.337 e. The normalized spacial score (nSPS) is 15.5. The first-order valence-electron chi connectivity index (χ1n) is 4.94. The molecular formula is C10H10ClFN2O2. The van der Waals surface area contributed by atoms with Crippen molar-refractivity contribution in [2.75, 3.05) is 18.0 Å². The number of nitrogens with zero attached hydrogens (tertiary/aromatic N) is 2. The summed E-state index contributed by atoms with van der Waals surface area (Å²) in [6.45, 7) is 1.54. The van der Waals surface area contributed by atoms with Gasteiger partial charge in [-0.1, -0.05) is 11.6 Å². The number of rotatable bonds is 2. The summed E-state index contributed by atoms with van der Waals surface area (Å²) in [4.78, 5) is 16.4. The van der Waals surface area contributed by atoms with Gasteiger partial charge in [-0.2, -0.15) is 4.39 Å². The maximum absolute atomic E-state index is 13.3. The van der Waals surface area contributed by atoms with Crippen LogP contribution in [0.15, 0.2) is 6.07 Å². The molecule has 0 spiro atoms. The summed E-state index contributed by atoms with van der Waals surface area (Å²) in [6.07, 6.45) is 2.02. The van der Waals surface area contributed by atoms with Crippen molar-refractivity contribution in [3.8, 4) is 0 Å². The molecule has 2 rings (SSSR count). The molecule has 6 heteroatoms. The number of aromatic carboxylic acids is 1. The van der Waals surface area contributed by atoms with E-state index in [1.54, 1.807) is 0 Å². The number of pyridine rings is 1. The highest BCUT2D eigenvalue weighted by Gasteiger charge is 2.20. The Kier molecular flexibility index (Phi) is 2.96. The van der Waals surface area contributed by atoms with E-state index >= 15 is 0 Å². The van der Waals surface area contributed by atoms with Gasteiger partial charge in [0.05, 0.1) is 5.56 Å². The van der Waals surface area contributed by atoms with Gasteiger partial charge in [-0.25, -0.2) is 9.78 Å². The molecule has 16 heavy (non-hydrogen) atoms. The summed E-state index contributed by atoms with van der Waals surface area (Å²) >= 11 is 5.53. The van der Waals surface area contributed by atoms with Gasteiger partial charge in [0.2, 0.25) is 5.95 Å². The van der Waals surface area contributed by atoms with Crippen molar-refractivity contribution in [1.82, 2.24) is 4.98 Å². The van der Waals surface area contributed by atoms with Gasteiger partial charge in [-0.3, -0.25) is 0 Å². The van der Waals surface area contributed by atoms with E-state index in [2.05, 4.69) is 4.98 Å². The molecule has 0 unspecified atom stereocenters. The van der Waals surface area contributed by atoms with E-state index in [1.165, 1.54) is 6.07 Å². The largest absolute Gasteiger partial charge is 0.478 e. The summed E-state index contributed by atoms with van der Waals surface area (Å²) < 4.78 is 13.3. The van der Waals surface area contributed by atoms with E-state index in [0.717, 1.165) is 25.9 Å². The van der Waals surface area contributed by atoms with Gasteiger partial charge in [0, 0.05) is 13.1 Å². The van der Waals surface area contributed by atoms with Crippen LogP contribution in [-0.2, 0) is 0 Å². The first kappa shape index (κ1) is 11.1. The summed E-state index contributed by atoms with van der Waals surface area (Å²) in [5.41, 5.74) is -0.240. The van der Waals surface area contributed by atoms with Gasteiger partial charge < -0.3 is 10.0 Å². The van der Waals surface area contributed by atoms with Crippen molar-refractivity contribution in [2.24, 2.45) is 0 Å². The van der Waals surface area contributed by atoms with Crippen LogP contribution in [0, 0.1) is 5.95 Å². The molecule has 86 valence electrons. The van der Waals surface area contributed by atoms with Crippen LogP contribution in [0.4, 0.5) is 10.2 Å². The third-order valence-electron chi connectivity index (χ3n) is 2.56. The zero-order valence-electron chi connectivity index (χ0n) is 8.41. The van der Waals surface area contributed by atoms with Crippen LogP contribution < -0.4 is 4.90 Å². The van der Waals surface area contributed by atoms with Gasteiger partial charge in [-0.05, 0) is 18.9 Å². The fourth-order valence-electron chi connectivity index (χ4n) is 1.75. The topological polar surface area (TPSA) is 53.4 Å². The van der Waals surface area contributed by atoms with E-state index in [1.807, 2.05) is 4.90 Å². The number of halogens is 2.